The number of benzene rings is 1. The first-order valence-electron chi connectivity index (χ1n) is 6.72. The molecular weight excluding hydrogens is 272 g/mol. The van der Waals surface area contributed by atoms with Crippen molar-refractivity contribution in [3.8, 4) is 5.75 Å². The second kappa shape index (κ2) is 8.26. The van der Waals surface area contributed by atoms with E-state index in [0.717, 1.165) is 5.56 Å². The van der Waals surface area contributed by atoms with Crippen LogP contribution in [0.3, 0.4) is 0 Å². The summed E-state index contributed by atoms with van der Waals surface area (Å²) in [5.41, 5.74) is 1.04. The van der Waals surface area contributed by atoms with Gasteiger partial charge in [0.15, 0.2) is 6.61 Å². The molecule has 0 atom stereocenters. The highest BCUT2D eigenvalue weighted by Crippen LogP contribution is 2.12. The summed E-state index contributed by atoms with van der Waals surface area (Å²) in [6.07, 6.45) is 0. The van der Waals surface area contributed by atoms with Gasteiger partial charge in [-0.15, -0.1) is 0 Å². The molecule has 0 aromatic heterocycles. The Bertz CT molecular complexity index is 488. The van der Waals surface area contributed by atoms with E-state index in [1.165, 1.54) is 4.90 Å². The molecule has 6 heteroatoms. The van der Waals surface area contributed by atoms with Crippen LogP contribution in [0.1, 0.15) is 5.56 Å². The molecule has 0 unspecified atom stereocenters. The second-order valence-electron chi connectivity index (χ2n) is 5.12. The van der Waals surface area contributed by atoms with E-state index in [4.69, 9.17) is 9.84 Å². The lowest BCUT2D eigenvalue weighted by Gasteiger charge is -2.22. The Kier molecular flexibility index (Phi) is 6.68. The van der Waals surface area contributed by atoms with Crippen molar-refractivity contribution in [3.63, 3.8) is 0 Å². The van der Waals surface area contributed by atoms with Crippen LogP contribution in [0, 0.1) is 6.92 Å². The first-order chi connectivity index (χ1) is 9.88. The summed E-state index contributed by atoms with van der Waals surface area (Å²) < 4.78 is 5.42. The van der Waals surface area contributed by atoms with Gasteiger partial charge in [0, 0.05) is 13.1 Å². The number of hydrogen-bond acceptors (Lipinski definition) is 4. The predicted molar refractivity (Wildman–Crippen MR) is 79.4 cm³/mol. The lowest BCUT2D eigenvalue weighted by molar-refractivity contribution is -0.145. The number of aryl methyl sites for hydroxylation is 1. The monoisotopic (exact) mass is 294 g/mol. The van der Waals surface area contributed by atoms with Gasteiger partial charge in [-0.05, 0) is 38.7 Å². The fraction of sp³-hybridized carbons (Fsp3) is 0.467. The molecule has 1 aromatic rings. The maximum Gasteiger partial charge on any atom is 0.323 e. The van der Waals surface area contributed by atoms with Gasteiger partial charge in [-0.25, -0.2) is 0 Å². The highest BCUT2D eigenvalue weighted by Gasteiger charge is 2.17. The predicted octanol–water partition coefficient (Wildman–Crippen LogP) is 0.849. The molecule has 0 aliphatic heterocycles. The topological polar surface area (TPSA) is 70.1 Å². The average Bonchev–Trinajstić information content (AvgIpc) is 2.40. The van der Waals surface area contributed by atoms with Gasteiger partial charge in [-0.1, -0.05) is 12.1 Å². The Balaban J connectivity index is 2.56. The third kappa shape index (κ3) is 6.76. The molecule has 0 heterocycles. The van der Waals surface area contributed by atoms with Crippen molar-refractivity contribution in [2.75, 3.05) is 40.3 Å². The molecule has 1 aromatic carbocycles. The maximum absolute atomic E-state index is 12.1. The number of carbonyl (C=O) groups is 2. The van der Waals surface area contributed by atoms with Gasteiger partial charge in [0.1, 0.15) is 12.3 Å². The molecule has 0 radical (unpaired) electrons. The number of aliphatic carboxylic acids is 1. The molecule has 0 saturated carbocycles. The molecule has 0 bridgehead atoms. The molecule has 0 aliphatic carbocycles. The molecule has 0 spiro atoms. The number of carbonyl (C=O) groups excluding carboxylic acids is 1. The molecule has 0 aliphatic rings. The van der Waals surface area contributed by atoms with Crippen molar-refractivity contribution in [3.05, 3.63) is 29.8 Å². The lowest BCUT2D eigenvalue weighted by Crippen LogP contribution is -2.42. The van der Waals surface area contributed by atoms with Gasteiger partial charge in [0.05, 0.1) is 0 Å². The van der Waals surface area contributed by atoms with Crippen molar-refractivity contribution in [1.29, 1.82) is 0 Å². The minimum Gasteiger partial charge on any atom is -0.484 e. The Hall–Kier alpha value is -2.08. The van der Waals surface area contributed by atoms with Crippen LogP contribution in [0.4, 0.5) is 0 Å². The second-order valence-corrected chi connectivity index (χ2v) is 5.12. The van der Waals surface area contributed by atoms with Crippen LogP contribution in [0.5, 0.6) is 5.75 Å². The lowest BCUT2D eigenvalue weighted by atomic mass is 10.2. The van der Waals surface area contributed by atoms with Crippen LogP contribution >= 0.6 is 0 Å². The van der Waals surface area contributed by atoms with Crippen molar-refractivity contribution in [2.45, 2.75) is 6.92 Å². The Morgan fingerprint density at radius 1 is 1.24 bits per heavy atom. The first-order valence-corrected chi connectivity index (χ1v) is 6.72. The van der Waals surface area contributed by atoms with E-state index in [1.54, 1.807) is 6.07 Å². The number of nitrogens with zero attached hydrogens (tertiary/aromatic N) is 2. The summed E-state index contributed by atoms with van der Waals surface area (Å²) in [6, 6.07) is 7.37. The largest absolute Gasteiger partial charge is 0.484 e. The van der Waals surface area contributed by atoms with E-state index < -0.39 is 5.97 Å². The third-order valence-corrected chi connectivity index (χ3v) is 2.85. The third-order valence-electron chi connectivity index (χ3n) is 2.85. The van der Waals surface area contributed by atoms with Gasteiger partial charge >= 0.3 is 5.97 Å². The Labute approximate surface area is 124 Å². The molecule has 0 fully saturated rings. The van der Waals surface area contributed by atoms with Crippen molar-refractivity contribution >= 4 is 11.9 Å². The SMILES string of the molecule is Cc1cccc(OCC(=O)N(CCN(C)C)CC(=O)O)c1. The molecule has 6 nitrogen and oxygen atoms in total. The van der Waals surface area contributed by atoms with Crippen LogP contribution in [-0.4, -0.2) is 67.1 Å². The minimum absolute atomic E-state index is 0.163. The maximum atomic E-state index is 12.1. The molecular formula is C15H22N2O4. The van der Waals surface area contributed by atoms with Crippen LogP contribution in [-0.2, 0) is 9.59 Å². The Morgan fingerprint density at radius 2 is 1.95 bits per heavy atom. The van der Waals surface area contributed by atoms with Crippen LogP contribution in [0.15, 0.2) is 24.3 Å². The molecule has 1 rings (SSSR count). The van der Waals surface area contributed by atoms with Crippen molar-refractivity contribution < 1.29 is 19.4 Å². The minimum atomic E-state index is -1.03. The summed E-state index contributed by atoms with van der Waals surface area (Å²) in [6.45, 7) is 2.41. The number of hydrogen-bond donors (Lipinski definition) is 1. The first kappa shape index (κ1) is 17.0. The van der Waals surface area contributed by atoms with Gasteiger partial charge in [-0.3, -0.25) is 9.59 Å². The summed E-state index contributed by atoms with van der Waals surface area (Å²) in [5, 5.41) is 8.87. The van der Waals surface area contributed by atoms with E-state index in [2.05, 4.69) is 0 Å². The van der Waals surface area contributed by atoms with Crippen LogP contribution in [0.2, 0.25) is 0 Å². The van der Waals surface area contributed by atoms with E-state index in [1.807, 2.05) is 44.1 Å². The van der Waals surface area contributed by atoms with Crippen molar-refractivity contribution in [1.82, 2.24) is 9.80 Å². The summed E-state index contributed by atoms with van der Waals surface area (Å²) in [7, 11) is 3.74. The quantitative estimate of drug-likeness (QED) is 0.769. The number of carboxylic acids is 1. The number of likely N-dealkylation sites (N-methyl/N-ethyl adjacent to an activating group) is 1. The van der Waals surface area contributed by atoms with E-state index in [9.17, 15) is 9.59 Å². The summed E-state index contributed by atoms with van der Waals surface area (Å²) in [5.74, 6) is -0.760. The van der Waals surface area contributed by atoms with Crippen molar-refractivity contribution in [2.24, 2.45) is 0 Å². The number of ether oxygens (including phenoxy) is 1. The van der Waals surface area contributed by atoms with Gasteiger partial charge in [0.25, 0.3) is 5.91 Å². The number of rotatable bonds is 8. The molecule has 1 N–H and O–H groups in total. The zero-order valence-electron chi connectivity index (χ0n) is 12.7. The molecule has 0 saturated heterocycles. The average molecular weight is 294 g/mol. The van der Waals surface area contributed by atoms with E-state index in [-0.39, 0.29) is 19.1 Å². The zero-order valence-corrected chi connectivity index (χ0v) is 12.7. The van der Waals surface area contributed by atoms with Crippen LogP contribution < -0.4 is 4.74 Å². The summed E-state index contributed by atoms with van der Waals surface area (Å²) in [4.78, 5) is 26.1. The van der Waals surface area contributed by atoms with E-state index >= 15 is 0 Å². The highest BCUT2D eigenvalue weighted by atomic mass is 16.5. The van der Waals surface area contributed by atoms with Crippen LogP contribution in [0.25, 0.3) is 0 Å². The smallest absolute Gasteiger partial charge is 0.323 e. The van der Waals surface area contributed by atoms with Gasteiger partial charge < -0.3 is 19.6 Å². The standard InChI is InChI=1S/C15H22N2O4/c1-12-5-4-6-13(9-12)21-11-14(18)17(10-15(19)20)8-7-16(2)3/h4-6,9H,7-8,10-11H2,1-3H3,(H,19,20). The molecule has 21 heavy (non-hydrogen) atoms. The normalized spacial score (nSPS) is 10.5. The highest BCUT2D eigenvalue weighted by molar-refractivity contribution is 5.82. The fourth-order valence-electron chi connectivity index (χ4n) is 1.72. The number of amides is 1. The van der Waals surface area contributed by atoms with Gasteiger partial charge in [-0.2, -0.15) is 0 Å². The summed E-state index contributed by atoms with van der Waals surface area (Å²) >= 11 is 0. The van der Waals surface area contributed by atoms with Gasteiger partial charge in [0.2, 0.25) is 0 Å². The molecule has 1 amide bonds. The van der Waals surface area contributed by atoms with E-state index in [0.29, 0.717) is 18.8 Å². The number of carboxylic acid groups (broad SMARTS) is 1. The Morgan fingerprint density at radius 3 is 2.52 bits per heavy atom. The molecule has 116 valence electrons. The fourth-order valence-corrected chi connectivity index (χ4v) is 1.72. The zero-order chi connectivity index (χ0) is 15.8.